The Bertz CT molecular complexity index is 473. The normalized spacial score (nSPS) is 10.0. The zero-order chi connectivity index (χ0) is 11.4. The zero-order valence-electron chi connectivity index (χ0n) is 9.44. The van der Waals surface area contributed by atoms with E-state index < -0.39 is 0 Å². The van der Waals surface area contributed by atoms with Gasteiger partial charge in [-0.3, -0.25) is 4.98 Å². The highest BCUT2D eigenvalue weighted by Gasteiger charge is 1.99. The number of hydrogen-bond donors (Lipinski definition) is 1. The molecule has 2 heterocycles. The van der Waals surface area contributed by atoms with Gasteiger partial charge >= 0.3 is 0 Å². The Hall–Kier alpha value is -0.420. The van der Waals surface area contributed by atoms with Gasteiger partial charge in [0.25, 0.3) is 0 Å². The average molecular weight is 334 g/mol. The highest BCUT2D eigenvalue weighted by atomic mass is 79.9. The Balaban J connectivity index is 0.00000144. The second-order valence-electron chi connectivity index (χ2n) is 3.58. The third-order valence-electron chi connectivity index (χ3n) is 2.35. The molecule has 0 radical (unpaired) electrons. The first kappa shape index (κ1) is 14.6. The quantitative estimate of drug-likeness (QED) is 0.917. The van der Waals surface area contributed by atoms with Gasteiger partial charge < -0.3 is 5.32 Å². The van der Waals surface area contributed by atoms with E-state index in [1.165, 1.54) is 10.4 Å². The Kier molecular flexibility index (Phi) is 6.12. The molecule has 0 saturated heterocycles. The molecule has 0 saturated carbocycles. The second-order valence-corrected chi connectivity index (χ2v) is 5.49. The first-order valence-electron chi connectivity index (χ1n) is 5.10. The van der Waals surface area contributed by atoms with E-state index in [-0.39, 0.29) is 12.4 Å². The molecule has 0 aliphatic heterocycles. The summed E-state index contributed by atoms with van der Waals surface area (Å²) in [5.74, 6) is 0. The maximum absolute atomic E-state index is 4.26. The molecule has 0 spiro atoms. The van der Waals surface area contributed by atoms with Crippen LogP contribution in [0, 0.1) is 6.92 Å². The minimum absolute atomic E-state index is 0. The third kappa shape index (κ3) is 4.39. The van der Waals surface area contributed by atoms with E-state index in [0.29, 0.717) is 0 Å². The monoisotopic (exact) mass is 332 g/mol. The molecule has 0 atom stereocenters. The van der Waals surface area contributed by atoms with Crippen molar-refractivity contribution >= 4 is 39.7 Å². The van der Waals surface area contributed by atoms with Crippen molar-refractivity contribution in [2.75, 3.05) is 0 Å². The minimum Gasteiger partial charge on any atom is -0.308 e. The summed E-state index contributed by atoms with van der Waals surface area (Å²) in [7, 11) is 0. The predicted molar refractivity (Wildman–Crippen MR) is 78.8 cm³/mol. The first-order chi connectivity index (χ1) is 7.75. The summed E-state index contributed by atoms with van der Waals surface area (Å²) in [5, 5.41) is 5.53. The molecule has 92 valence electrons. The van der Waals surface area contributed by atoms with Gasteiger partial charge in [0, 0.05) is 39.7 Å². The summed E-state index contributed by atoms with van der Waals surface area (Å²) in [6.07, 6.45) is 1.83. The molecule has 2 aromatic rings. The molecule has 0 aromatic carbocycles. The largest absolute Gasteiger partial charge is 0.308 e. The summed E-state index contributed by atoms with van der Waals surface area (Å²) in [5.41, 5.74) is 2.36. The molecule has 2 rings (SSSR count). The zero-order valence-corrected chi connectivity index (χ0v) is 12.7. The van der Waals surface area contributed by atoms with E-state index >= 15 is 0 Å². The maximum atomic E-state index is 4.26. The average Bonchev–Trinajstić information content (AvgIpc) is 2.67. The van der Waals surface area contributed by atoms with Crippen molar-refractivity contribution in [1.82, 2.24) is 10.3 Å². The lowest BCUT2D eigenvalue weighted by Crippen LogP contribution is -2.12. The number of aromatic nitrogens is 1. The maximum Gasteiger partial charge on any atom is 0.0417 e. The number of halogens is 2. The van der Waals surface area contributed by atoms with Gasteiger partial charge in [-0.2, -0.15) is 0 Å². The lowest BCUT2D eigenvalue weighted by atomic mass is 10.2. The molecule has 0 aliphatic rings. The van der Waals surface area contributed by atoms with Crippen LogP contribution < -0.4 is 5.32 Å². The SMILES string of the molecule is Cc1ncccc1CNCc1cc(Br)cs1.Cl. The fourth-order valence-corrected chi connectivity index (χ4v) is 2.89. The van der Waals surface area contributed by atoms with Crippen LogP contribution in [0.4, 0.5) is 0 Å². The Morgan fingerprint density at radius 3 is 2.88 bits per heavy atom. The van der Waals surface area contributed by atoms with Crippen LogP contribution in [0.5, 0.6) is 0 Å². The van der Waals surface area contributed by atoms with Gasteiger partial charge in [-0.1, -0.05) is 6.07 Å². The van der Waals surface area contributed by atoms with E-state index in [1.54, 1.807) is 11.3 Å². The van der Waals surface area contributed by atoms with E-state index in [0.717, 1.165) is 23.3 Å². The summed E-state index contributed by atoms with van der Waals surface area (Å²) in [6.45, 7) is 3.82. The number of nitrogens with one attached hydrogen (secondary N) is 1. The molecular weight excluding hydrogens is 320 g/mol. The molecule has 2 nitrogen and oxygen atoms in total. The Morgan fingerprint density at radius 1 is 1.41 bits per heavy atom. The number of aryl methyl sites for hydroxylation is 1. The van der Waals surface area contributed by atoms with E-state index in [2.05, 4.69) is 43.7 Å². The lowest BCUT2D eigenvalue weighted by Gasteiger charge is -2.05. The lowest BCUT2D eigenvalue weighted by molar-refractivity contribution is 0.695. The topological polar surface area (TPSA) is 24.9 Å². The van der Waals surface area contributed by atoms with Crippen molar-refractivity contribution < 1.29 is 0 Å². The van der Waals surface area contributed by atoms with Crippen molar-refractivity contribution in [1.29, 1.82) is 0 Å². The van der Waals surface area contributed by atoms with Gasteiger partial charge in [0.15, 0.2) is 0 Å². The van der Waals surface area contributed by atoms with Gasteiger partial charge in [-0.25, -0.2) is 0 Å². The van der Waals surface area contributed by atoms with E-state index in [4.69, 9.17) is 0 Å². The number of nitrogens with zero attached hydrogens (tertiary/aromatic N) is 1. The first-order valence-corrected chi connectivity index (χ1v) is 6.77. The van der Waals surface area contributed by atoms with Crippen LogP contribution in [0.1, 0.15) is 16.1 Å². The summed E-state index contributed by atoms with van der Waals surface area (Å²) in [6, 6.07) is 6.24. The van der Waals surface area contributed by atoms with Crippen LogP contribution in [0.2, 0.25) is 0 Å². The van der Waals surface area contributed by atoms with Crippen molar-refractivity contribution in [3.05, 3.63) is 50.4 Å². The molecule has 0 bridgehead atoms. The molecule has 1 N–H and O–H groups in total. The van der Waals surface area contributed by atoms with Crippen LogP contribution in [0.3, 0.4) is 0 Å². The number of hydrogen-bond acceptors (Lipinski definition) is 3. The third-order valence-corrected chi connectivity index (χ3v) is 4.05. The van der Waals surface area contributed by atoms with E-state index in [9.17, 15) is 0 Å². The highest BCUT2D eigenvalue weighted by molar-refractivity contribution is 9.10. The van der Waals surface area contributed by atoms with Gasteiger partial charge in [0.1, 0.15) is 0 Å². The predicted octanol–water partition coefficient (Wildman–Crippen LogP) is 3.93. The highest BCUT2D eigenvalue weighted by Crippen LogP contribution is 2.19. The number of rotatable bonds is 4. The molecular formula is C12H14BrClN2S. The molecule has 17 heavy (non-hydrogen) atoms. The van der Waals surface area contributed by atoms with Crippen LogP contribution in [0.25, 0.3) is 0 Å². The molecule has 5 heteroatoms. The molecule has 0 unspecified atom stereocenters. The number of thiophene rings is 1. The van der Waals surface area contributed by atoms with Crippen molar-refractivity contribution in [2.45, 2.75) is 20.0 Å². The standard InChI is InChI=1S/C12H13BrN2S.ClH/c1-9-10(3-2-4-15-9)6-14-7-12-5-11(13)8-16-12;/h2-5,8,14H,6-7H2,1H3;1H. The van der Waals surface area contributed by atoms with Crippen LogP contribution in [-0.2, 0) is 13.1 Å². The van der Waals surface area contributed by atoms with Gasteiger partial charge in [0.2, 0.25) is 0 Å². The van der Waals surface area contributed by atoms with Gasteiger partial charge in [0.05, 0.1) is 0 Å². The summed E-state index contributed by atoms with van der Waals surface area (Å²) < 4.78 is 1.16. The molecule has 0 aliphatic carbocycles. The Morgan fingerprint density at radius 2 is 2.24 bits per heavy atom. The second kappa shape index (κ2) is 7.11. The van der Waals surface area contributed by atoms with Gasteiger partial charge in [-0.15, -0.1) is 23.7 Å². The van der Waals surface area contributed by atoms with Crippen LogP contribution >= 0.6 is 39.7 Å². The van der Waals surface area contributed by atoms with E-state index in [1.807, 2.05) is 19.2 Å². The molecule has 0 amide bonds. The van der Waals surface area contributed by atoms with Crippen molar-refractivity contribution in [3.8, 4) is 0 Å². The van der Waals surface area contributed by atoms with Crippen molar-refractivity contribution in [2.24, 2.45) is 0 Å². The molecule has 0 fully saturated rings. The van der Waals surface area contributed by atoms with Crippen LogP contribution in [0.15, 0.2) is 34.2 Å². The summed E-state index contributed by atoms with van der Waals surface area (Å²) >= 11 is 5.22. The van der Waals surface area contributed by atoms with Gasteiger partial charge in [-0.05, 0) is 40.5 Å². The fraction of sp³-hybridized carbons (Fsp3) is 0.250. The fourth-order valence-electron chi connectivity index (χ4n) is 1.47. The number of pyridine rings is 1. The molecule has 2 aromatic heterocycles. The minimum atomic E-state index is 0. The summed E-state index contributed by atoms with van der Waals surface area (Å²) in [4.78, 5) is 5.61. The Labute approximate surface area is 120 Å². The smallest absolute Gasteiger partial charge is 0.0417 e. The van der Waals surface area contributed by atoms with Crippen LogP contribution in [-0.4, -0.2) is 4.98 Å². The van der Waals surface area contributed by atoms with Crippen molar-refractivity contribution in [3.63, 3.8) is 0 Å².